The van der Waals surface area contributed by atoms with Crippen molar-refractivity contribution >= 4 is 21.8 Å². The summed E-state index contributed by atoms with van der Waals surface area (Å²) in [6, 6.07) is 5.83. The Balaban J connectivity index is 2.08. The fourth-order valence-corrected chi connectivity index (χ4v) is 2.69. The molecule has 92 valence electrons. The van der Waals surface area contributed by atoms with Crippen molar-refractivity contribution in [3.8, 4) is 0 Å². The summed E-state index contributed by atoms with van der Waals surface area (Å²) in [5.41, 5.74) is 0.521. The first-order chi connectivity index (χ1) is 8.18. The first kappa shape index (κ1) is 12.6. The van der Waals surface area contributed by atoms with Crippen LogP contribution < -0.4 is 0 Å². The van der Waals surface area contributed by atoms with E-state index in [1.165, 1.54) is 19.3 Å². The molecular weight excluding hydrogens is 280 g/mol. The third-order valence-corrected chi connectivity index (χ3v) is 3.82. The van der Waals surface area contributed by atoms with Crippen LogP contribution in [0, 0.1) is 0 Å². The number of amides is 1. The minimum absolute atomic E-state index is 0.0261. The van der Waals surface area contributed by atoms with Crippen LogP contribution in [-0.2, 0) is 0 Å². The van der Waals surface area contributed by atoms with Gasteiger partial charge in [0.1, 0.15) is 10.3 Å². The fraction of sp³-hybridized carbons (Fsp3) is 0.538. The van der Waals surface area contributed by atoms with Gasteiger partial charge in [0.05, 0.1) is 0 Å². The molecule has 1 heterocycles. The molecular formula is C13H17BrN2O. The van der Waals surface area contributed by atoms with Gasteiger partial charge in [-0.1, -0.05) is 25.3 Å². The van der Waals surface area contributed by atoms with Crippen molar-refractivity contribution in [1.82, 2.24) is 9.88 Å². The van der Waals surface area contributed by atoms with E-state index in [9.17, 15) is 4.79 Å². The number of rotatable bonds is 2. The van der Waals surface area contributed by atoms with Crippen molar-refractivity contribution in [2.75, 3.05) is 7.05 Å². The summed E-state index contributed by atoms with van der Waals surface area (Å²) in [7, 11) is 1.89. The number of pyridine rings is 1. The SMILES string of the molecule is CN(C(=O)c1cccc(Br)n1)C1CCCCC1. The van der Waals surface area contributed by atoms with E-state index in [1.54, 1.807) is 6.07 Å². The highest BCUT2D eigenvalue weighted by Crippen LogP contribution is 2.22. The first-order valence-electron chi connectivity index (χ1n) is 6.08. The Kier molecular flexibility index (Phi) is 4.15. The third kappa shape index (κ3) is 3.06. The van der Waals surface area contributed by atoms with E-state index >= 15 is 0 Å². The summed E-state index contributed by atoms with van der Waals surface area (Å²) in [6.07, 6.45) is 6.00. The van der Waals surface area contributed by atoms with Crippen LogP contribution >= 0.6 is 15.9 Å². The molecule has 0 aliphatic heterocycles. The molecule has 2 rings (SSSR count). The quantitative estimate of drug-likeness (QED) is 0.785. The highest BCUT2D eigenvalue weighted by atomic mass is 79.9. The van der Waals surface area contributed by atoms with Gasteiger partial charge in [-0.15, -0.1) is 0 Å². The van der Waals surface area contributed by atoms with E-state index in [1.807, 2.05) is 24.1 Å². The number of aromatic nitrogens is 1. The van der Waals surface area contributed by atoms with Crippen molar-refractivity contribution < 1.29 is 4.79 Å². The van der Waals surface area contributed by atoms with Gasteiger partial charge >= 0.3 is 0 Å². The highest BCUT2D eigenvalue weighted by Gasteiger charge is 2.23. The second-order valence-corrected chi connectivity index (χ2v) is 5.37. The molecule has 0 aromatic carbocycles. The Morgan fingerprint density at radius 2 is 2.06 bits per heavy atom. The number of halogens is 1. The number of hydrogen-bond acceptors (Lipinski definition) is 2. The van der Waals surface area contributed by atoms with Crippen LogP contribution in [0.5, 0.6) is 0 Å². The molecule has 1 aromatic rings. The molecule has 0 atom stereocenters. The molecule has 1 aliphatic carbocycles. The molecule has 1 aromatic heterocycles. The van der Waals surface area contributed by atoms with Crippen molar-refractivity contribution in [2.45, 2.75) is 38.1 Å². The summed E-state index contributed by atoms with van der Waals surface area (Å²) in [5, 5.41) is 0. The highest BCUT2D eigenvalue weighted by molar-refractivity contribution is 9.10. The van der Waals surface area contributed by atoms with Crippen molar-refractivity contribution in [3.05, 3.63) is 28.5 Å². The maximum atomic E-state index is 12.2. The number of nitrogens with zero attached hydrogens (tertiary/aromatic N) is 2. The molecule has 0 N–H and O–H groups in total. The van der Waals surface area contributed by atoms with Crippen LogP contribution in [0.25, 0.3) is 0 Å². The van der Waals surface area contributed by atoms with Gasteiger partial charge in [0.2, 0.25) is 0 Å². The molecule has 4 heteroatoms. The molecule has 1 amide bonds. The summed E-state index contributed by atoms with van der Waals surface area (Å²) in [5.74, 6) is 0.0261. The minimum atomic E-state index is 0.0261. The van der Waals surface area contributed by atoms with Crippen LogP contribution in [0.3, 0.4) is 0 Å². The molecule has 0 saturated heterocycles. The lowest BCUT2D eigenvalue weighted by Crippen LogP contribution is -2.38. The largest absolute Gasteiger partial charge is 0.337 e. The second-order valence-electron chi connectivity index (χ2n) is 4.55. The standard InChI is InChI=1S/C13H17BrN2O/c1-16(10-6-3-2-4-7-10)13(17)11-8-5-9-12(14)15-11/h5,8-10H,2-4,6-7H2,1H3. The summed E-state index contributed by atoms with van der Waals surface area (Å²) in [6.45, 7) is 0. The van der Waals surface area contributed by atoms with Gasteiger partial charge in [0.25, 0.3) is 5.91 Å². The van der Waals surface area contributed by atoms with Gasteiger partial charge < -0.3 is 4.90 Å². The van der Waals surface area contributed by atoms with Gasteiger partial charge in [0.15, 0.2) is 0 Å². The van der Waals surface area contributed by atoms with Crippen LogP contribution in [0.15, 0.2) is 22.8 Å². The predicted molar refractivity (Wildman–Crippen MR) is 70.9 cm³/mol. The maximum absolute atomic E-state index is 12.2. The molecule has 1 aliphatic rings. The van der Waals surface area contributed by atoms with Crippen molar-refractivity contribution in [3.63, 3.8) is 0 Å². The van der Waals surface area contributed by atoms with Crippen LogP contribution in [0.1, 0.15) is 42.6 Å². The van der Waals surface area contributed by atoms with Gasteiger partial charge in [-0.3, -0.25) is 4.79 Å². The number of carbonyl (C=O) groups is 1. The number of carbonyl (C=O) groups excluding carboxylic acids is 1. The molecule has 1 fully saturated rings. The Labute approximate surface area is 110 Å². The van der Waals surface area contributed by atoms with E-state index in [0.717, 1.165) is 12.8 Å². The van der Waals surface area contributed by atoms with E-state index in [-0.39, 0.29) is 5.91 Å². The molecule has 3 nitrogen and oxygen atoms in total. The lowest BCUT2D eigenvalue weighted by Gasteiger charge is -2.31. The lowest BCUT2D eigenvalue weighted by atomic mass is 9.94. The minimum Gasteiger partial charge on any atom is -0.337 e. The van der Waals surface area contributed by atoms with Gasteiger partial charge in [-0.25, -0.2) is 4.98 Å². The van der Waals surface area contributed by atoms with Crippen LogP contribution in [-0.4, -0.2) is 28.9 Å². The summed E-state index contributed by atoms with van der Waals surface area (Å²) >= 11 is 3.29. The zero-order valence-electron chi connectivity index (χ0n) is 10.0. The Hall–Kier alpha value is -0.900. The first-order valence-corrected chi connectivity index (χ1v) is 6.87. The smallest absolute Gasteiger partial charge is 0.272 e. The summed E-state index contributed by atoms with van der Waals surface area (Å²) < 4.78 is 0.709. The molecule has 0 bridgehead atoms. The second kappa shape index (κ2) is 5.63. The average Bonchev–Trinajstić information content (AvgIpc) is 2.38. The Bertz CT molecular complexity index is 402. The zero-order chi connectivity index (χ0) is 12.3. The fourth-order valence-electron chi connectivity index (χ4n) is 2.34. The molecule has 0 unspecified atom stereocenters. The third-order valence-electron chi connectivity index (χ3n) is 3.38. The Morgan fingerprint density at radius 1 is 1.35 bits per heavy atom. The predicted octanol–water partition coefficient (Wildman–Crippen LogP) is 3.25. The topological polar surface area (TPSA) is 33.2 Å². The van der Waals surface area contributed by atoms with Gasteiger partial charge in [0, 0.05) is 13.1 Å². The van der Waals surface area contributed by atoms with Crippen molar-refractivity contribution in [1.29, 1.82) is 0 Å². The molecule has 1 saturated carbocycles. The summed E-state index contributed by atoms with van der Waals surface area (Å²) in [4.78, 5) is 18.3. The van der Waals surface area contributed by atoms with E-state index in [0.29, 0.717) is 16.3 Å². The van der Waals surface area contributed by atoms with Gasteiger partial charge in [-0.2, -0.15) is 0 Å². The normalized spacial score (nSPS) is 16.8. The van der Waals surface area contributed by atoms with Crippen LogP contribution in [0.2, 0.25) is 0 Å². The van der Waals surface area contributed by atoms with Crippen molar-refractivity contribution in [2.24, 2.45) is 0 Å². The zero-order valence-corrected chi connectivity index (χ0v) is 11.6. The average molecular weight is 297 g/mol. The molecule has 0 radical (unpaired) electrons. The maximum Gasteiger partial charge on any atom is 0.272 e. The Morgan fingerprint density at radius 3 is 2.71 bits per heavy atom. The van der Waals surface area contributed by atoms with Gasteiger partial charge in [-0.05, 0) is 40.9 Å². The number of hydrogen-bond donors (Lipinski definition) is 0. The molecule has 0 spiro atoms. The van der Waals surface area contributed by atoms with Crippen LogP contribution in [0.4, 0.5) is 0 Å². The van der Waals surface area contributed by atoms with E-state index < -0.39 is 0 Å². The lowest BCUT2D eigenvalue weighted by molar-refractivity contribution is 0.0690. The molecule has 17 heavy (non-hydrogen) atoms. The van der Waals surface area contributed by atoms with E-state index in [4.69, 9.17) is 0 Å². The monoisotopic (exact) mass is 296 g/mol. The van der Waals surface area contributed by atoms with E-state index in [2.05, 4.69) is 20.9 Å².